The summed E-state index contributed by atoms with van der Waals surface area (Å²) in [5.74, 6) is 2.84. The molecule has 5 saturated carbocycles. The molecule has 0 atom stereocenters. The molecule has 0 unspecified atom stereocenters. The van der Waals surface area contributed by atoms with Gasteiger partial charge < -0.3 is 25.0 Å². The Morgan fingerprint density at radius 2 is 1.78 bits per heavy atom. The van der Waals surface area contributed by atoms with Gasteiger partial charge in [0.2, 0.25) is 11.6 Å². The number of amides is 2. The van der Waals surface area contributed by atoms with E-state index in [0.717, 1.165) is 30.7 Å². The van der Waals surface area contributed by atoms with Crippen LogP contribution in [0.5, 0.6) is 11.8 Å². The maximum Gasteiger partial charge on any atom is 0.290 e. The molecule has 4 bridgehead atoms. The Hall–Kier alpha value is -3.04. The number of hydrogen-bond donors (Lipinski definition) is 3. The van der Waals surface area contributed by atoms with E-state index in [4.69, 9.17) is 9.26 Å². The third kappa shape index (κ3) is 5.20. The minimum Gasteiger partial charge on any atom is -0.491 e. The molecule has 5 aliphatic rings. The van der Waals surface area contributed by atoms with Crippen LogP contribution >= 0.6 is 0 Å². The molecule has 2 heterocycles. The Morgan fingerprint density at radius 3 is 2.46 bits per heavy atom. The summed E-state index contributed by atoms with van der Waals surface area (Å²) >= 11 is 0. The fourth-order valence-electron chi connectivity index (χ4n) is 7.52. The Balaban J connectivity index is 1.13. The lowest BCUT2D eigenvalue weighted by Gasteiger charge is -2.54. The fraction of sp³-hybridized carbons (Fsp3) is 0.704. The van der Waals surface area contributed by atoms with E-state index in [1.165, 1.54) is 51.4 Å². The first-order chi connectivity index (χ1) is 18.0. The van der Waals surface area contributed by atoms with Crippen molar-refractivity contribution in [2.45, 2.75) is 76.8 Å². The normalized spacial score (nSPS) is 28.8. The van der Waals surface area contributed by atoms with Crippen molar-refractivity contribution in [1.82, 2.24) is 25.6 Å². The minimum atomic E-state index is -0.482. The van der Waals surface area contributed by atoms with E-state index < -0.39 is 5.91 Å². The molecule has 2 aromatic heterocycles. The highest BCUT2D eigenvalue weighted by atomic mass is 16.5. The Kier molecular flexibility index (Phi) is 6.82. The van der Waals surface area contributed by atoms with Crippen molar-refractivity contribution >= 4 is 11.8 Å². The smallest absolute Gasteiger partial charge is 0.290 e. The first-order valence-electron chi connectivity index (χ1n) is 14.0. The standard InChI is InChI=1S/C27H37N5O5/c33-23-13-22(37-31-23)26(35)28-6-7-32-27(36-15-16-4-2-1-3-5-16)21(14-29-32)25(34)30-24-19-9-17-8-18(11-19)12-20(24)10-17/h13-14,16-20,24H,1-12,15H2,(H,28,35)(H,30,34)(H,31,33). The topological polar surface area (TPSA) is 132 Å². The first-order valence-corrected chi connectivity index (χ1v) is 14.0. The summed E-state index contributed by atoms with van der Waals surface area (Å²) in [7, 11) is 0. The van der Waals surface area contributed by atoms with Crippen molar-refractivity contribution in [3.63, 3.8) is 0 Å². The lowest BCUT2D eigenvalue weighted by Crippen LogP contribution is -2.55. The molecule has 0 radical (unpaired) electrons. The molecular weight excluding hydrogens is 474 g/mol. The number of carbonyl (C=O) groups excluding carboxylic acids is 2. The molecule has 37 heavy (non-hydrogen) atoms. The van der Waals surface area contributed by atoms with Gasteiger partial charge in [-0.2, -0.15) is 5.10 Å². The fourth-order valence-corrected chi connectivity index (χ4v) is 7.52. The first kappa shape index (κ1) is 24.3. The zero-order chi connectivity index (χ0) is 25.4. The number of rotatable bonds is 9. The van der Waals surface area contributed by atoms with Crippen molar-refractivity contribution in [2.75, 3.05) is 13.2 Å². The van der Waals surface area contributed by atoms with Gasteiger partial charge in [-0.25, -0.2) is 4.68 Å². The molecular formula is C27H37N5O5. The highest BCUT2D eigenvalue weighted by Crippen LogP contribution is 2.53. The Labute approximate surface area is 216 Å². The van der Waals surface area contributed by atoms with Gasteiger partial charge in [0.25, 0.3) is 17.7 Å². The number of nitrogens with one attached hydrogen (secondary N) is 2. The summed E-state index contributed by atoms with van der Waals surface area (Å²) < 4.78 is 12.7. The van der Waals surface area contributed by atoms with Crippen LogP contribution in [0.15, 0.2) is 16.8 Å². The molecule has 10 nitrogen and oxygen atoms in total. The van der Waals surface area contributed by atoms with Crippen LogP contribution < -0.4 is 15.4 Å². The molecule has 2 aromatic rings. The number of nitrogens with zero attached hydrogens (tertiary/aromatic N) is 3. The number of aromatic hydroxyl groups is 1. The van der Waals surface area contributed by atoms with Gasteiger partial charge in [0.05, 0.1) is 25.4 Å². The van der Waals surface area contributed by atoms with Crippen molar-refractivity contribution in [3.8, 4) is 11.8 Å². The van der Waals surface area contributed by atoms with Gasteiger partial charge in [-0.05, 0) is 79.7 Å². The summed E-state index contributed by atoms with van der Waals surface area (Å²) in [5.41, 5.74) is 0.469. The highest BCUT2D eigenvalue weighted by molar-refractivity contribution is 5.96. The average Bonchev–Trinajstić information content (AvgIpc) is 3.51. The molecule has 0 spiro atoms. The van der Waals surface area contributed by atoms with E-state index in [2.05, 4.69) is 20.9 Å². The second kappa shape index (κ2) is 10.4. The van der Waals surface area contributed by atoms with Crippen LogP contribution in [0.25, 0.3) is 0 Å². The van der Waals surface area contributed by atoms with Crippen LogP contribution in [0.1, 0.15) is 85.1 Å². The average molecular weight is 512 g/mol. The molecule has 0 aromatic carbocycles. The van der Waals surface area contributed by atoms with Crippen molar-refractivity contribution in [1.29, 1.82) is 0 Å². The largest absolute Gasteiger partial charge is 0.491 e. The summed E-state index contributed by atoms with van der Waals surface area (Å²) in [5, 5.41) is 23.2. The van der Waals surface area contributed by atoms with E-state index in [1.54, 1.807) is 10.9 Å². The van der Waals surface area contributed by atoms with Crippen LogP contribution in [0, 0.1) is 29.6 Å². The van der Waals surface area contributed by atoms with Crippen LogP contribution in [-0.4, -0.2) is 51.1 Å². The SMILES string of the molecule is O=C(NCCn1ncc(C(=O)NC2C3CC4CC(C3)CC2C4)c1OCC1CCCCC1)c1cc(O)no1. The zero-order valence-corrected chi connectivity index (χ0v) is 21.2. The molecule has 3 N–H and O–H groups in total. The van der Waals surface area contributed by atoms with E-state index in [0.29, 0.717) is 42.3 Å². The van der Waals surface area contributed by atoms with Gasteiger partial charge in [0, 0.05) is 12.6 Å². The van der Waals surface area contributed by atoms with Crippen molar-refractivity contribution < 1.29 is 24.0 Å². The Morgan fingerprint density at radius 1 is 1.05 bits per heavy atom. The molecule has 7 rings (SSSR count). The van der Waals surface area contributed by atoms with Gasteiger partial charge in [0.1, 0.15) is 5.56 Å². The van der Waals surface area contributed by atoms with Crippen molar-refractivity contribution in [2.24, 2.45) is 29.6 Å². The van der Waals surface area contributed by atoms with Crippen LogP contribution in [0.3, 0.4) is 0 Å². The number of carbonyl (C=O) groups is 2. The van der Waals surface area contributed by atoms with Gasteiger partial charge >= 0.3 is 0 Å². The molecule has 5 aliphatic carbocycles. The number of hydrogen-bond acceptors (Lipinski definition) is 7. The summed E-state index contributed by atoms with van der Waals surface area (Å²) in [6.45, 7) is 1.14. The molecule has 0 aliphatic heterocycles. The minimum absolute atomic E-state index is 0.0672. The second-order valence-electron chi connectivity index (χ2n) is 11.6. The van der Waals surface area contributed by atoms with Crippen LogP contribution in [-0.2, 0) is 6.54 Å². The molecule has 2 amide bonds. The molecule has 0 saturated heterocycles. The summed E-state index contributed by atoms with van der Waals surface area (Å²) in [6.07, 6.45) is 13.9. The van der Waals surface area contributed by atoms with E-state index >= 15 is 0 Å². The lowest BCUT2D eigenvalue weighted by atomic mass is 9.54. The van der Waals surface area contributed by atoms with Crippen LogP contribution in [0.2, 0.25) is 0 Å². The van der Waals surface area contributed by atoms with E-state index in [-0.39, 0.29) is 30.1 Å². The van der Waals surface area contributed by atoms with Crippen LogP contribution in [0.4, 0.5) is 0 Å². The van der Waals surface area contributed by atoms with Crippen molar-refractivity contribution in [3.05, 3.63) is 23.6 Å². The van der Waals surface area contributed by atoms with E-state index in [9.17, 15) is 14.7 Å². The Bertz CT molecular complexity index is 1090. The number of ether oxygens (including phenoxy) is 1. The predicted molar refractivity (Wildman–Crippen MR) is 133 cm³/mol. The van der Waals surface area contributed by atoms with Gasteiger partial charge in [0.15, 0.2) is 0 Å². The maximum atomic E-state index is 13.5. The molecule has 10 heteroatoms. The van der Waals surface area contributed by atoms with Gasteiger partial charge in [-0.1, -0.05) is 19.3 Å². The molecule has 5 fully saturated rings. The summed E-state index contributed by atoms with van der Waals surface area (Å²) in [4.78, 5) is 25.8. The monoisotopic (exact) mass is 511 g/mol. The second-order valence-corrected chi connectivity index (χ2v) is 11.6. The quantitative estimate of drug-likeness (QED) is 0.469. The van der Waals surface area contributed by atoms with Gasteiger partial charge in [-0.3, -0.25) is 9.59 Å². The lowest BCUT2D eigenvalue weighted by molar-refractivity contribution is -0.0120. The van der Waals surface area contributed by atoms with Gasteiger partial charge in [-0.15, -0.1) is 0 Å². The zero-order valence-electron chi connectivity index (χ0n) is 21.2. The highest BCUT2D eigenvalue weighted by Gasteiger charge is 2.48. The third-order valence-electron chi connectivity index (χ3n) is 9.07. The third-order valence-corrected chi connectivity index (χ3v) is 9.07. The molecule has 200 valence electrons. The maximum absolute atomic E-state index is 13.5. The predicted octanol–water partition coefficient (Wildman–Crippen LogP) is 3.52. The van der Waals surface area contributed by atoms with E-state index in [1.807, 2.05) is 0 Å². The summed E-state index contributed by atoms with van der Waals surface area (Å²) in [6, 6.07) is 1.40. The number of aromatic nitrogens is 3.